The number of carboxylic acid groups (broad SMARTS) is 1. The van der Waals surface area contributed by atoms with Crippen LogP contribution in [0.1, 0.15) is 79.8 Å². The Bertz CT molecular complexity index is 876. The predicted molar refractivity (Wildman–Crippen MR) is 112 cm³/mol. The van der Waals surface area contributed by atoms with Crippen LogP contribution in [-0.4, -0.2) is 23.5 Å². The first-order valence-corrected chi connectivity index (χ1v) is 9.24. The van der Waals surface area contributed by atoms with Crippen molar-refractivity contribution in [3.05, 3.63) is 64.7 Å². The first-order chi connectivity index (χ1) is 12.6. The minimum Gasteiger partial charge on any atom is -0.485 e. The molecule has 0 atom stereocenters. The molecule has 0 aromatic heterocycles. The third-order valence-corrected chi connectivity index (χ3v) is 5.65. The van der Waals surface area contributed by atoms with Crippen LogP contribution < -0.4 is 4.74 Å². The molecular weight excluding hydrogens is 352 g/mol. The lowest BCUT2D eigenvalue weighted by molar-refractivity contribution is 0.0696. The van der Waals surface area contributed by atoms with Gasteiger partial charge in [0.25, 0.3) is 0 Å². The molecule has 28 heavy (non-hydrogen) atoms. The van der Waals surface area contributed by atoms with Gasteiger partial charge in [0.05, 0.1) is 5.56 Å². The van der Waals surface area contributed by atoms with Crippen molar-refractivity contribution < 1.29 is 19.4 Å². The van der Waals surface area contributed by atoms with E-state index >= 15 is 0 Å². The molecule has 0 fully saturated rings. The van der Waals surface area contributed by atoms with E-state index in [1.165, 1.54) is 23.3 Å². The van der Waals surface area contributed by atoms with Crippen molar-refractivity contribution in [3.63, 3.8) is 0 Å². The van der Waals surface area contributed by atoms with Crippen molar-refractivity contribution in [2.24, 2.45) is 0 Å². The van der Waals surface area contributed by atoms with Crippen LogP contribution in [0.3, 0.4) is 0 Å². The second kappa shape index (κ2) is 7.78. The van der Waals surface area contributed by atoms with Crippen LogP contribution >= 0.6 is 0 Å². The summed E-state index contributed by atoms with van der Waals surface area (Å²) in [6.45, 7) is 8.90. The summed E-state index contributed by atoms with van der Waals surface area (Å²) in [7, 11) is 0. The number of benzene rings is 2. The zero-order chi connectivity index (χ0) is 19.8. The Kier molecular flexibility index (Phi) is 6.03. The highest BCUT2D eigenvalue weighted by Crippen LogP contribution is 2.45. The minimum absolute atomic E-state index is 0. The number of carbonyl (C=O) groups is 2. The quantitative estimate of drug-likeness (QED) is 0.681. The summed E-state index contributed by atoms with van der Waals surface area (Å²) in [5.74, 6) is -0.593. The molecule has 0 heterocycles. The Morgan fingerprint density at radius 1 is 0.893 bits per heavy atom. The number of hydrogen-bond acceptors (Lipinski definition) is 3. The molecule has 1 N–H and O–H groups in total. The van der Waals surface area contributed by atoms with E-state index in [4.69, 9.17) is 9.84 Å². The van der Waals surface area contributed by atoms with Gasteiger partial charge < -0.3 is 9.84 Å². The first-order valence-electron chi connectivity index (χ1n) is 9.24. The number of ketones is 1. The van der Waals surface area contributed by atoms with E-state index in [1.807, 2.05) is 12.1 Å². The molecular formula is C24H30O4. The van der Waals surface area contributed by atoms with Crippen molar-refractivity contribution in [2.75, 3.05) is 6.61 Å². The van der Waals surface area contributed by atoms with Crippen LogP contribution in [0.4, 0.5) is 0 Å². The van der Waals surface area contributed by atoms with Gasteiger partial charge in [-0.2, -0.15) is 0 Å². The zero-order valence-corrected chi connectivity index (χ0v) is 16.3. The molecule has 3 rings (SSSR count). The van der Waals surface area contributed by atoms with Gasteiger partial charge in [0.1, 0.15) is 5.75 Å². The summed E-state index contributed by atoms with van der Waals surface area (Å²) in [4.78, 5) is 23.5. The van der Waals surface area contributed by atoms with Crippen molar-refractivity contribution in [1.82, 2.24) is 0 Å². The summed E-state index contributed by atoms with van der Waals surface area (Å²) in [5, 5.41) is 8.92. The van der Waals surface area contributed by atoms with Gasteiger partial charge in [-0.1, -0.05) is 47.3 Å². The number of hydrogen-bond donors (Lipinski definition) is 1. The monoisotopic (exact) mass is 382 g/mol. The highest BCUT2D eigenvalue weighted by molar-refractivity contribution is 5.97. The molecule has 0 saturated carbocycles. The lowest BCUT2D eigenvalue weighted by atomic mass is 9.63. The molecule has 1 aliphatic rings. The molecule has 2 aromatic rings. The number of ether oxygens (including phenoxy) is 1. The van der Waals surface area contributed by atoms with Crippen molar-refractivity contribution in [2.45, 2.75) is 58.8 Å². The lowest BCUT2D eigenvalue weighted by Crippen LogP contribution is -2.34. The Labute approximate surface area is 167 Å². The van der Waals surface area contributed by atoms with Gasteiger partial charge in [0.15, 0.2) is 12.4 Å². The van der Waals surface area contributed by atoms with Crippen LogP contribution in [0.15, 0.2) is 42.5 Å². The average molecular weight is 383 g/mol. The third kappa shape index (κ3) is 4.27. The summed E-state index contributed by atoms with van der Waals surface area (Å²) in [5.41, 5.74) is 3.58. The van der Waals surface area contributed by atoms with Crippen LogP contribution in [0.5, 0.6) is 5.75 Å². The van der Waals surface area contributed by atoms with Crippen molar-refractivity contribution >= 4 is 11.8 Å². The standard InChI is InChI=1S/C23H26O4.CH4/c1-22(2)11-12-23(3,4)19-13-16(7-10-18(19)22)20(24)14-27-17-8-5-15(6-9-17)21(25)26;/h5-10,13H,11-12,14H2,1-4H3,(H,25,26);1H4. The van der Waals surface area contributed by atoms with Gasteiger partial charge >= 0.3 is 5.97 Å². The Balaban J connectivity index is 0.00000280. The van der Waals surface area contributed by atoms with Crippen LogP contribution in [-0.2, 0) is 10.8 Å². The van der Waals surface area contributed by atoms with E-state index in [1.54, 1.807) is 12.1 Å². The summed E-state index contributed by atoms with van der Waals surface area (Å²) in [6, 6.07) is 12.1. The zero-order valence-electron chi connectivity index (χ0n) is 16.3. The van der Waals surface area contributed by atoms with E-state index in [2.05, 4.69) is 33.8 Å². The molecule has 4 nitrogen and oxygen atoms in total. The van der Waals surface area contributed by atoms with Crippen molar-refractivity contribution in [1.29, 1.82) is 0 Å². The summed E-state index contributed by atoms with van der Waals surface area (Å²) < 4.78 is 5.55. The maximum atomic E-state index is 12.6. The van der Waals surface area contributed by atoms with Crippen LogP contribution in [0, 0.1) is 0 Å². The molecule has 2 aromatic carbocycles. The number of aromatic carboxylic acids is 1. The number of fused-ring (bicyclic) bond motifs is 1. The number of carbonyl (C=O) groups excluding carboxylic acids is 1. The smallest absolute Gasteiger partial charge is 0.335 e. The van der Waals surface area contributed by atoms with Gasteiger partial charge in [-0.05, 0) is 65.1 Å². The fraction of sp³-hybridized carbons (Fsp3) is 0.417. The largest absolute Gasteiger partial charge is 0.485 e. The molecule has 0 aliphatic heterocycles. The molecule has 150 valence electrons. The normalized spacial score (nSPS) is 16.4. The van der Waals surface area contributed by atoms with Crippen LogP contribution in [0.25, 0.3) is 0 Å². The van der Waals surface area contributed by atoms with E-state index in [-0.39, 0.29) is 36.2 Å². The second-order valence-corrected chi connectivity index (χ2v) is 8.57. The average Bonchev–Trinajstić information content (AvgIpc) is 2.63. The van der Waals surface area contributed by atoms with Crippen molar-refractivity contribution in [3.8, 4) is 5.75 Å². The van der Waals surface area contributed by atoms with E-state index in [9.17, 15) is 9.59 Å². The summed E-state index contributed by atoms with van der Waals surface area (Å²) in [6.07, 6.45) is 2.23. The Morgan fingerprint density at radius 3 is 2.00 bits per heavy atom. The fourth-order valence-corrected chi connectivity index (χ4v) is 3.69. The van der Waals surface area contributed by atoms with Gasteiger partial charge in [0, 0.05) is 5.56 Å². The fourth-order valence-electron chi connectivity index (χ4n) is 3.69. The first kappa shape index (κ1) is 21.7. The second-order valence-electron chi connectivity index (χ2n) is 8.57. The molecule has 0 spiro atoms. The molecule has 0 radical (unpaired) electrons. The lowest BCUT2D eigenvalue weighted by Gasteiger charge is -2.42. The Morgan fingerprint density at radius 2 is 1.43 bits per heavy atom. The minimum atomic E-state index is -0.989. The molecule has 1 aliphatic carbocycles. The van der Waals surface area contributed by atoms with Crippen LogP contribution in [0.2, 0.25) is 0 Å². The predicted octanol–water partition coefficient (Wildman–Crippen LogP) is 5.63. The van der Waals surface area contributed by atoms with Gasteiger partial charge in [0.2, 0.25) is 0 Å². The molecule has 0 bridgehead atoms. The summed E-state index contributed by atoms with van der Waals surface area (Å²) >= 11 is 0. The van der Waals surface area contributed by atoms with Gasteiger partial charge in [-0.25, -0.2) is 4.79 Å². The van der Waals surface area contributed by atoms with E-state index < -0.39 is 5.97 Å². The molecule has 4 heteroatoms. The van der Waals surface area contributed by atoms with Gasteiger partial charge in [-0.3, -0.25) is 4.79 Å². The Hall–Kier alpha value is -2.62. The highest BCUT2D eigenvalue weighted by Gasteiger charge is 2.37. The molecule has 0 amide bonds. The molecule has 0 unspecified atom stereocenters. The maximum Gasteiger partial charge on any atom is 0.335 e. The maximum absolute atomic E-state index is 12.6. The van der Waals surface area contributed by atoms with E-state index in [0.717, 1.165) is 12.8 Å². The molecule has 0 saturated heterocycles. The SMILES string of the molecule is C.CC1(C)CCC(C)(C)c2cc(C(=O)COc3ccc(C(=O)O)cc3)ccc21. The number of rotatable bonds is 5. The number of Topliss-reactive ketones (excluding diaryl/α,β-unsaturated/α-hetero) is 1. The number of carboxylic acids is 1. The third-order valence-electron chi connectivity index (χ3n) is 5.65. The van der Waals surface area contributed by atoms with E-state index in [0.29, 0.717) is 11.3 Å². The van der Waals surface area contributed by atoms with Gasteiger partial charge in [-0.15, -0.1) is 0 Å². The highest BCUT2D eigenvalue weighted by atomic mass is 16.5. The topological polar surface area (TPSA) is 63.6 Å².